The molecule has 0 saturated heterocycles. The molecule has 0 atom stereocenters. The highest BCUT2D eigenvalue weighted by Gasteiger charge is 2.25. The van der Waals surface area contributed by atoms with Gasteiger partial charge in [-0.1, -0.05) is 164 Å². The monoisotopic (exact) mass is 739 g/mol. The highest BCUT2D eigenvalue weighted by molar-refractivity contribution is 6.24. The molecule has 6 nitrogen and oxygen atoms in total. The predicted molar refractivity (Wildman–Crippen MR) is 232 cm³/mol. The highest BCUT2D eigenvalue weighted by Crippen LogP contribution is 2.45. The van der Waals surface area contributed by atoms with E-state index < -0.39 is 60.4 Å². The number of hydrogen-bond acceptors (Lipinski definition) is 4. The van der Waals surface area contributed by atoms with Crippen LogP contribution in [0.1, 0.15) is 13.7 Å². The number of fused-ring (bicyclic) bond motifs is 10. The summed E-state index contributed by atoms with van der Waals surface area (Å²) in [5, 5.41) is 1.32. The molecule has 0 aliphatic carbocycles. The van der Waals surface area contributed by atoms with Crippen LogP contribution in [0.3, 0.4) is 0 Å². The molecule has 8 aromatic carbocycles. The lowest BCUT2D eigenvalue weighted by Crippen LogP contribution is -2.07. The van der Waals surface area contributed by atoms with Crippen molar-refractivity contribution < 1.29 is 18.1 Å². The largest absolute Gasteiger partial charge is 0.454 e. The molecule has 0 saturated carbocycles. The van der Waals surface area contributed by atoms with Crippen LogP contribution < -0.4 is 0 Å². The van der Waals surface area contributed by atoms with Crippen molar-refractivity contribution in [1.29, 1.82) is 0 Å². The van der Waals surface area contributed by atoms with Crippen LogP contribution >= 0.6 is 0 Å². The lowest BCUT2D eigenvalue weighted by Gasteiger charge is -2.14. The Bertz CT molecular complexity index is 4040. The molecule has 0 radical (unpaired) electrons. The van der Waals surface area contributed by atoms with Gasteiger partial charge in [0.1, 0.15) is 5.58 Å². The molecular formula is C51H31N5O. The van der Waals surface area contributed by atoms with E-state index >= 15 is 0 Å². The number of benzene rings is 8. The number of hydrogen-bond donors (Lipinski definition) is 0. The Balaban J connectivity index is 1.38. The van der Waals surface area contributed by atoms with E-state index in [0.29, 0.717) is 33.4 Å². The Morgan fingerprint density at radius 1 is 0.439 bits per heavy atom. The summed E-state index contributed by atoms with van der Waals surface area (Å²) in [5.41, 5.74) is 4.26. The zero-order valence-corrected chi connectivity index (χ0v) is 29.8. The summed E-state index contributed by atoms with van der Waals surface area (Å²) in [4.78, 5) is 14.9. The number of furan rings is 1. The van der Waals surface area contributed by atoms with Crippen molar-refractivity contribution in [3.8, 4) is 45.5 Å². The topological polar surface area (TPSA) is 61.7 Å². The standard InChI is InChI=1S/C51H31N5O/c1-4-16-32(17-5-1)35-30-31-43(48-45(35)40-24-12-15-27-44(40)57-48)55-41-25-13-10-22-36(41)38-28-29-39-37-23-11-14-26-42(37)56(47(39)46(38)55)51-53-49(33-18-6-2-7-19-33)52-50(54-51)34-20-8-3-9-21-34/h1-31H/i10D,11D,13D,14D,22D,23D,25D,26D,28D,29D. The molecule has 0 aliphatic heterocycles. The smallest absolute Gasteiger partial charge is 0.238 e. The third-order valence-electron chi connectivity index (χ3n) is 10.5. The predicted octanol–water partition coefficient (Wildman–Crippen LogP) is 13.0. The molecule has 4 aromatic heterocycles. The molecule has 266 valence electrons. The Labute approximate surface area is 340 Å². The zero-order valence-electron chi connectivity index (χ0n) is 39.8. The van der Waals surface area contributed by atoms with Crippen LogP contribution in [0.4, 0.5) is 0 Å². The maximum absolute atomic E-state index is 9.80. The van der Waals surface area contributed by atoms with Gasteiger partial charge in [0.15, 0.2) is 17.2 Å². The maximum Gasteiger partial charge on any atom is 0.238 e. The normalized spacial score (nSPS) is 14.3. The second-order valence-corrected chi connectivity index (χ2v) is 13.6. The van der Waals surface area contributed by atoms with Gasteiger partial charge >= 0.3 is 0 Å². The van der Waals surface area contributed by atoms with E-state index in [4.69, 9.17) is 24.9 Å². The minimum Gasteiger partial charge on any atom is -0.454 e. The van der Waals surface area contributed by atoms with Gasteiger partial charge in [0, 0.05) is 43.4 Å². The van der Waals surface area contributed by atoms with Crippen molar-refractivity contribution >= 4 is 65.6 Å². The van der Waals surface area contributed by atoms with Gasteiger partial charge in [-0.25, -0.2) is 4.98 Å². The molecule has 12 aromatic rings. The van der Waals surface area contributed by atoms with E-state index in [1.54, 1.807) is 10.6 Å². The van der Waals surface area contributed by atoms with E-state index in [2.05, 4.69) is 0 Å². The van der Waals surface area contributed by atoms with Crippen molar-refractivity contribution in [2.45, 2.75) is 0 Å². The fourth-order valence-electron chi connectivity index (χ4n) is 8.00. The first kappa shape index (κ1) is 23.2. The van der Waals surface area contributed by atoms with E-state index in [1.165, 1.54) is 4.57 Å². The highest BCUT2D eigenvalue weighted by atomic mass is 16.3. The number of rotatable bonds is 5. The molecule has 4 heterocycles. The van der Waals surface area contributed by atoms with Crippen molar-refractivity contribution in [1.82, 2.24) is 24.1 Å². The third-order valence-corrected chi connectivity index (χ3v) is 10.5. The van der Waals surface area contributed by atoms with E-state index in [1.807, 2.05) is 121 Å². The fourth-order valence-corrected chi connectivity index (χ4v) is 8.00. The number of nitrogens with zero attached hydrogens (tertiary/aromatic N) is 5. The van der Waals surface area contributed by atoms with Crippen molar-refractivity contribution in [2.75, 3.05) is 0 Å². The van der Waals surface area contributed by atoms with Crippen LogP contribution in [-0.4, -0.2) is 24.1 Å². The molecule has 0 amide bonds. The summed E-state index contributed by atoms with van der Waals surface area (Å²) in [5.74, 6) is 0.390. The summed E-state index contributed by atoms with van der Waals surface area (Å²) in [7, 11) is 0. The Hall–Kier alpha value is -7.83. The lowest BCUT2D eigenvalue weighted by molar-refractivity contribution is 0.666. The Morgan fingerprint density at radius 3 is 1.60 bits per heavy atom. The Kier molecular flexibility index (Phi) is 5.02. The van der Waals surface area contributed by atoms with E-state index in [0.717, 1.165) is 16.5 Å². The van der Waals surface area contributed by atoms with Crippen LogP contribution in [0.5, 0.6) is 0 Å². The number of para-hydroxylation sites is 3. The van der Waals surface area contributed by atoms with E-state index in [-0.39, 0.29) is 61.2 Å². The summed E-state index contributed by atoms with van der Waals surface area (Å²) in [6.07, 6.45) is 0. The summed E-state index contributed by atoms with van der Waals surface area (Å²) >= 11 is 0. The van der Waals surface area contributed by atoms with Gasteiger partial charge < -0.3 is 8.98 Å². The number of aromatic nitrogens is 5. The Morgan fingerprint density at radius 2 is 0.965 bits per heavy atom. The molecule has 0 spiro atoms. The van der Waals surface area contributed by atoms with Crippen molar-refractivity contribution in [2.24, 2.45) is 0 Å². The molecule has 6 heteroatoms. The maximum atomic E-state index is 9.80. The van der Waals surface area contributed by atoms with Gasteiger partial charge in [0.25, 0.3) is 0 Å². The molecule has 12 rings (SSSR count). The van der Waals surface area contributed by atoms with E-state index in [9.17, 15) is 8.22 Å². The minimum atomic E-state index is -0.561. The van der Waals surface area contributed by atoms with Gasteiger partial charge in [-0.05, 0) is 35.3 Å². The summed E-state index contributed by atoms with van der Waals surface area (Å²) in [6.45, 7) is 0. The molecule has 0 bridgehead atoms. The van der Waals surface area contributed by atoms with Gasteiger partial charge in [0.05, 0.1) is 41.5 Å². The van der Waals surface area contributed by atoms with Crippen LogP contribution in [0, 0.1) is 0 Å². The fraction of sp³-hybridized carbons (Fsp3) is 0. The first-order valence-corrected chi connectivity index (χ1v) is 18.3. The van der Waals surface area contributed by atoms with Crippen molar-refractivity contribution in [3.05, 3.63) is 188 Å². The second-order valence-electron chi connectivity index (χ2n) is 13.6. The van der Waals surface area contributed by atoms with Crippen LogP contribution in [0.25, 0.3) is 111 Å². The van der Waals surface area contributed by atoms with Crippen molar-refractivity contribution in [3.63, 3.8) is 0 Å². The van der Waals surface area contributed by atoms with Gasteiger partial charge in [-0.3, -0.25) is 4.57 Å². The van der Waals surface area contributed by atoms with Gasteiger partial charge in [-0.15, -0.1) is 0 Å². The average molecular weight is 740 g/mol. The lowest BCUT2D eigenvalue weighted by atomic mass is 9.98. The molecule has 0 fully saturated rings. The SMILES string of the molecule is [2H]c1c([2H])c([2H])c2c(c1[2H])c1c([2H])c([2H])c3c4c([2H])c([2H])c([2H])c([2H])c4n(-c4ccc(-c5ccccc5)c5c4oc4ccccc45)c3c1n2-c1nc(-c2ccccc2)nc(-c2ccccc2)n1. The van der Waals surface area contributed by atoms with Gasteiger partial charge in [-0.2, -0.15) is 9.97 Å². The quantitative estimate of drug-likeness (QED) is 0.176. The molecular weight excluding hydrogens is 699 g/mol. The first-order valence-electron chi connectivity index (χ1n) is 23.3. The molecule has 0 N–H and O–H groups in total. The third kappa shape index (κ3) is 4.74. The second kappa shape index (κ2) is 12.3. The van der Waals surface area contributed by atoms with Crippen LogP contribution in [-0.2, 0) is 0 Å². The molecule has 0 aliphatic rings. The van der Waals surface area contributed by atoms with Crippen LogP contribution in [0.15, 0.2) is 192 Å². The van der Waals surface area contributed by atoms with Crippen LogP contribution in [0.2, 0.25) is 0 Å². The summed E-state index contributed by atoms with van der Waals surface area (Å²) in [6, 6.07) is 34.5. The van der Waals surface area contributed by atoms with Gasteiger partial charge in [0.2, 0.25) is 5.95 Å². The minimum absolute atomic E-state index is 0.0161. The zero-order chi connectivity index (χ0) is 46.2. The first-order chi connectivity index (χ1) is 32.5. The molecule has 57 heavy (non-hydrogen) atoms. The molecule has 0 unspecified atom stereocenters. The summed E-state index contributed by atoms with van der Waals surface area (Å²) < 4.78 is 103. The average Bonchev–Trinajstić information content (AvgIpc) is 4.05.